The maximum Gasteiger partial charge on any atom is 0.276 e. The predicted molar refractivity (Wildman–Crippen MR) is 114 cm³/mol. The van der Waals surface area contributed by atoms with Gasteiger partial charge in [-0.15, -0.1) is 0 Å². The van der Waals surface area contributed by atoms with Gasteiger partial charge < -0.3 is 10.2 Å². The van der Waals surface area contributed by atoms with Crippen LogP contribution in [-0.4, -0.2) is 39.6 Å². The van der Waals surface area contributed by atoms with E-state index in [1.54, 1.807) is 6.92 Å². The lowest BCUT2D eigenvalue weighted by Crippen LogP contribution is -2.44. The van der Waals surface area contributed by atoms with Gasteiger partial charge in [0.1, 0.15) is 11.6 Å². The first-order chi connectivity index (χ1) is 15.3. The lowest BCUT2D eigenvalue weighted by atomic mass is 10.00. The largest absolute Gasteiger partial charge is 0.350 e. The van der Waals surface area contributed by atoms with Crippen molar-refractivity contribution < 1.29 is 18.4 Å². The Bertz CT molecular complexity index is 1250. The van der Waals surface area contributed by atoms with Gasteiger partial charge in [0.25, 0.3) is 11.5 Å². The summed E-state index contributed by atoms with van der Waals surface area (Å²) in [5, 5.41) is 5.66. The SMILES string of the molecule is CC1c2c([nH]n(-c3ccc(F)cc3Cl)c2=O)CC(=O)N1CCNC(=O)c1ccc(F)cc1. The quantitative estimate of drug-likeness (QED) is 0.613. The molecule has 0 spiro atoms. The summed E-state index contributed by atoms with van der Waals surface area (Å²) in [6, 6.07) is 8.26. The second kappa shape index (κ2) is 8.58. The Morgan fingerprint density at radius 2 is 1.84 bits per heavy atom. The number of aromatic amines is 1. The highest BCUT2D eigenvalue weighted by Crippen LogP contribution is 2.28. The second-order valence-corrected chi connectivity index (χ2v) is 7.85. The minimum absolute atomic E-state index is 0.0212. The molecule has 0 saturated heterocycles. The highest BCUT2D eigenvalue weighted by atomic mass is 35.5. The topological polar surface area (TPSA) is 87.2 Å². The molecule has 0 aliphatic carbocycles. The lowest BCUT2D eigenvalue weighted by Gasteiger charge is -2.32. The van der Waals surface area contributed by atoms with Gasteiger partial charge in [-0.05, 0) is 49.4 Å². The van der Waals surface area contributed by atoms with Crippen molar-refractivity contribution in [2.75, 3.05) is 13.1 Å². The zero-order valence-corrected chi connectivity index (χ0v) is 17.7. The molecule has 7 nitrogen and oxygen atoms in total. The van der Waals surface area contributed by atoms with Gasteiger partial charge in [0.05, 0.1) is 34.4 Å². The fraction of sp³-hybridized carbons (Fsp3) is 0.227. The first kappa shape index (κ1) is 21.8. The van der Waals surface area contributed by atoms with Crippen LogP contribution in [0.2, 0.25) is 5.02 Å². The van der Waals surface area contributed by atoms with E-state index in [1.807, 2.05) is 0 Å². The van der Waals surface area contributed by atoms with Crippen molar-refractivity contribution >= 4 is 23.4 Å². The summed E-state index contributed by atoms with van der Waals surface area (Å²) >= 11 is 6.09. The Balaban J connectivity index is 1.50. The molecular formula is C22H19ClF2N4O3. The molecule has 2 aromatic carbocycles. The van der Waals surface area contributed by atoms with E-state index in [0.29, 0.717) is 16.8 Å². The van der Waals surface area contributed by atoms with E-state index >= 15 is 0 Å². The van der Waals surface area contributed by atoms with E-state index in [0.717, 1.165) is 6.07 Å². The standard InChI is InChI=1S/C22H19ClF2N4O3/c1-12-20-17(27-29(22(20)32)18-7-6-15(25)10-16(18)23)11-19(30)28(12)9-8-26-21(31)13-2-4-14(24)5-3-13/h2-7,10,12,27H,8-9,11H2,1H3,(H,26,31). The van der Waals surface area contributed by atoms with Gasteiger partial charge >= 0.3 is 0 Å². The number of aromatic nitrogens is 2. The number of carbonyl (C=O) groups excluding carboxylic acids is 2. The molecule has 0 radical (unpaired) electrons. The van der Waals surface area contributed by atoms with E-state index in [-0.39, 0.29) is 41.7 Å². The molecular weight excluding hydrogens is 442 g/mol. The van der Waals surface area contributed by atoms with E-state index in [2.05, 4.69) is 10.4 Å². The number of rotatable bonds is 5. The normalized spacial score (nSPS) is 15.6. The summed E-state index contributed by atoms with van der Waals surface area (Å²) in [6.45, 7) is 2.07. The molecule has 166 valence electrons. The van der Waals surface area contributed by atoms with Crippen molar-refractivity contribution in [3.05, 3.63) is 86.3 Å². The number of benzene rings is 2. The molecule has 4 rings (SSSR count). The summed E-state index contributed by atoms with van der Waals surface area (Å²) in [5.74, 6) is -1.57. The monoisotopic (exact) mass is 460 g/mol. The molecule has 1 unspecified atom stereocenters. The highest BCUT2D eigenvalue weighted by Gasteiger charge is 2.34. The number of H-pyrrole nitrogens is 1. The number of nitrogens with one attached hydrogen (secondary N) is 2. The van der Waals surface area contributed by atoms with Gasteiger partial charge in [-0.3, -0.25) is 19.5 Å². The third kappa shape index (κ3) is 4.03. The minimum atomic E-state index is -0.543. The molecule has 2 amide bonds. The maximum atomic E-state index is 13.4. The summed E-state index contributed by atoms with van der Waals surface area (Å²) in [6.07, 6.45) is -0.0212. The second-order valence-electron chi connectivity index (χ2n) is 7.44. The molecule has 1 aromatic heterocycles. The van der Waals surface area contributed by atoms with Gasteiger partial charge in [0.15, 0.2) is 0 Å². The van der Waals surface area contributed by atoms with E-state index in [9.17, 15) is 23.2 Å². The van der Waals surface area contributed by atoms with Gasteiger partial charge in [-0.25, -0.2) is 13.5 Å². The zero-order valence-electron chi connectivity index (χ0n) is 17.0. The Labute approximate surface area is 186 Å². The van der Waals surface area contributed by atoms with Crippen molar-refractivity contribution in [1.82, 2.24) is 20.0 Å². The van der Waals surface area contributed by atoms with Crippen LogP contribution in [0.4, 0.5) is 8.78 Å². The van der Waals surface area contributed by atoms with E-state index in [1.165, 1.54) is 46.0 Å². The number of carbonyl (C=O) groups is 2. The third-order valence-corrected chi connectivity index (χ3v) is 5.74. The average molecular weight is 461 g/mol. The zero-order chi connectivity index (χ0) is 23.0. The lowest BCUT2D eigenvalue weighted by molar-refractivity contribution is -0.133. The van der Waals surface area contributed by atoms with Crippen LogP contribution in [0.25, 0.3) is 5.69 Å². The molecule has 0 fully saturated rings. The first-order valence-corrected chi connectivity index (χ1v) is 10.3. The van der Waals surface area contributed by atoms with E-state index in [4.69, 9.17) is 11.6 Å². The van der Waals surface area contributed by atoms with Gasteiger partial charge in [0, 0.05) is 18.7 Å². The Morgan fingerprint density at radius 3 is 2.53 bits per heavy atom. The number of halogens is 3. The molecule has 1 aliphatic heterocycles. The number of hydrogen-bond donors (Lipinski definition) is 2. The van der Waals surface area contributed by atoms with E-state index < -0.39 is 23.6 Å². The Morgan fingerprint density at radius 1 is 1.16 bits per heavy atom. The van der Waals surface area contributed by atoms with Gasteiger partial charge in [-0.1, -0.05) is 11.6 Å². The van der Waals surface area contributed by atoms with Crippen LogP contribution < -0.4 is 10.9 Å². The van der Waals surface area contributed by atoms with Crippen molar-refractivity contribution in [2.24, 2.45) is 0 Å². The number of hydrogen-bond acceptors (Lipinski definition) is 3. The molecule has 0 saturated carbocycles. The van der Waals surface area contributed by atoms with Crippen LogP contribution in [0.5, 0.6) is 0 Å². The summed E-state index contributed by atoms with van der Waals surface area (Å²) in [7, 11) is 0. The molecule has 1 aliphatic rings. The third-order valence-electron chi connectivity index (χ3n) is 5.43. The molecule has 2 N–H and O–H groups in total. The molecule has 0 bridgehead atoms. The number of nitrogens with zero attached hydrogens (tertiary/aromatic N) is 2. The summed E-state index contributed by atoms with van der Waals surface area (Å²) in [4.78, 5) is 39.4. The average Bonchev–Trinajstić information content (AvgIpc) is 3.06. The van der Waals surface area contributed by atoms with Crippen LogP contribution in [0.1, 0.15) is 34.6 Å². The number of amides is 2. The van der Waals surface area contributed by atoms with Crippen LogP contribution in [0.15, 0.2) is 47.3 Å². The smallest absolute Gasteiger partial charge is 0.276 e. The van der Waals surface area contributed by atoms with Crippen molar-refractivity contribution in [1.29, 1.82) is 0 Å². The van der Waals surface area contributed by atoms with Crippen LogP contribution >= 0.6 is 11.6 Å². The van der Waals surface area contributed by atoms with Crippen LogP contribution in [-0.2, 0) is 11.2 Å². The Kier molecular flexibility index (Phi) is 5.84. The maximum absolute atomic E-state index is 13.4. The van der Waals surface area contributed by atoms with Crippen LogP contribution in [0, 0.1) is 11.6 Å². The van der Waals surface area contributed by atoms with Gasteiger partial charge in [0.2, 0.25) is 5.91 Å². The van der Waals surface area contributed by atoms with Crippen molar-refractivity contribution in [3.8, 4) is 5.69 Å². The van der Waals surface area contributed by atoms with Gasteiger partial charge in [-0.2, -0.15) is 0 Å². The highest BCUT2D eigenvalue weighted by molar-refractivity contribution is 6.32. The fourth-order valence-corrected chi connectivity index (χ4v) is 4.08. The number of fused-ring (bicyclic) bond motifs is 1. The first-order valence-electron chi connectivity index (χ1n) is 9.88. The molecule has 3 aromatic rings. The fourth-order valence-electron chi connectivity index (χ4n) is 3.83. The van der Waals surface area contributed by atoms with Crippen LogP contribution in [0.3, 0.4) is 0 Å². The predicted octanol–water partition coefficient (Wildman–Crippen LogP) is 2.97. The Hall–Kier alpha value is -3.46. The molecule has 1 atom stereocenters. The molecule has 2 heterocycles. The summed E-state index contributed by atoms with van der Waals surface area (Å²) in [5.41, 5.74) is 1.09. The van der Waals surface area contributed by atoms with Crippen molar-refractivity contribution in [3.63, 3.8) is 0 Å². The molecule has 10 heteroatoms. The molecule has 32 heavy (non-hydrogen) atoms. The van der Waals surface area contributed by atoms with Crippen molar-refractivity contribution in [2.45, 2.75) is 19.4 Å². The summed E-state index contributed by atoms with van der Waals surface area (Å²) < 4.78 is 27.6. The minimum Gasteiger partial charge on any atom is -0.350 e.